The molecule has 0 aliphatic carbocycles. The molecule has 0 radical (unpaired) electrons. The first-order chi connectivity index (χ1) is 16.4. The van der Waals surface area contributed by atoms with E-state index in [1.54, 1.807) is 0 Å². The van der Waals surface area contributed by atoms with Gasteiger partial charge in [-0.1, -0.05) is 60.7 Å². The van der Waals surface area contributed by atoms with Crippen molar-refractivity contribution in [2.45, 2.75) is 31.7 Å². The zero-order valence-corrected chi connectivity index (χ0v) is 19.1. The molecule has 3 aromatic rings. The smallest absolute Gasteiger partial charge is 0.256 e. The molecule has 1 unspecified atom stereocenters. The van der Waals surface area contributed by atoms with Crippen LogP contribution in [0.25, 0.3) is 0 Å². The maximum Gasteiger partial charge on any atom is 0.256 e. The lowest BCUT2D eigenvalue weighted by Crippen LogP contribution is -2.46. The predicted molar refractivity (Wildman–Crippen MR) is 127 cm³/mol. The molecule has 1 aliphatic rings. The fourth-order valence-corrected chi connectivity index (χ4v) is 4.69. The normalized spacial score (nSPS) is 15.2. The summed E-state index contributed by atoms with van der Waals surface area (Å²) in [4.78, 5) is 27.3. The van der Waals surface area contributed by atoms with E-state index in [4.69, 9.17) is 0 Å². The molecule has 0 spiro atoms. The first-order valence-electron chi connectivity index (χ1n) is 11.6. The number of nitrogens with zero attached hydrogens (tertiary/aromatic N) is 1. The molecule has 2 amide bonds. The van der Waals surface area contributed by atoms with E-state index in [9.17, 15) is 18.4 Å². The number of hydrogen-bond donors (Lipinski definition) is 1. The lowest BCUT2D eigenvalue weighted by molar-refractivity contribution is -0.127. The molecule has 4 nitrogen and oxygen atoms in total. The third kappa shape index (κ3) is 5.33. The van der Waals surface area contributed by atoms with Gasteiger partial charge in [-0.3, -0.25) is 9.59 Å². The topological polar surface area (TPSA) is 49.4 Å². The van der Waals surface area contributed by atoms with Crippen LogP contribution in [0.1, 0.15) is 47.2 Å². The summed E-state index contributed by atoms with van der Waals surface area (Å²) in [5, 5.41) is 3.19. The Labute approximate surface area is 198 Å². The molecule has 3 aromatic carbocycles. The number of rotatable bonds is 6. The second kappa shape index (κ2) is 10.6. The van der Waals surface area contributed by atoms with Gasteiger partial charge >= 0.3 is 0 Å². The van der Waals surface area contributed by atoms with Gasteiger partial charge in [-0.15, -0.1) is 0 Å². The molecule has 1 N–H and O–H groups in total. The summed E-state index contributed by atoms with van der Waals surface area (Å²) in [6.45, 7) is 2.71. The summed E-state index contributed by atoms with van der Waals surface area (Å²) < 4.78 is 27.2. The molecule has 1 aliphatic heterocycles. The zero-order chi connectivity index (χ0) is 24.1. The van der Waals surface area contributed by atoms with E-state index in [1.165, 1.54) is 11.0 Å². The molecule has 1 heterocycles. The highest BCUT2D eigenvalue weighted by atomic mass is 19.1. The van der Waals surface area contributed by atoms with Gasteiger partial charge in [-0.05, 0) is 43.0 Å². The van der Waals surface area contributed by atoms with Gasteiger partial charge in [0.25, 0.3) is 5.91 Å². The molecule has 1 fully saturated rings. The fourth-order valence-electron chi connectivity index (χ4n) is 4.69. The second-order valence-electron chi connectivity index (χ2n) is 8.79. The van der Waals surface area contributed by atoms with Crippen LogP contribution in [-0.4, -0.2) is 35.8 Å². The van der Waals surface area contributed by atoms with Crippen molar-refractivity contribution in [2.75, 3.05) is 13.1 Å². The van der Waals surface area contributed by atoms with Crippen LogP contribution in [0.15, 0.2) is 78.9 Å². The number of likely N-dealkylation sites (tertiary alicyclic amines) is 1. The molecule has 176 valence electrons. The quantitative estimate of drug-likeness (QED) is 0.551. The Hall–Kier alpha value is -3.54. The Morgan fingerprint density at radius 1 is 0.882 bits per heavy atom. The Bertz CT molecular complexity index is 1090. The van der Waals surface area contributed by atoms with Crippen molar-refractivity contribution in [3.05, 3.63) is 107 Å². The Morgan fingerprint density at radius 2 is 1.44 bits per heavy atom. The summed E-state index contributed by atoms with van der Waals surface area (Å²) in [7, 11) is 0. The van der Waals surface area contributed by atoms with Crippen molar-refractivity contribution in [2.24, 2.45) is 5.92 Å². The van der Waals surface area contributed by atoms with E-state index < -0.39 is 17.5 Å². The summed E-state index contributed by atoms with van der Waals surface area (Å²) in [6, 6.07) is 23.0. The fraction of sp³-hybridized carbons (Fsp3) is 0.286. The Kier molecular flexibility index (Phi) is 7.36. The number of amides is 2. The van der Waals surface area contributed by atoms with Crippen LogP contribution in [0.3, 0.4) is 0 Å². The van der Waals surface area contributed by atoms with Gasteiger partial charge in [0, 0.05) is 37.0 Å². The molecule has 1 atom stereocenters. The molecule has 34 heavy (non-hydrogen) atoms. The van der Waals surface area contributed by atoms with Crippen LogP contribution >= 0.6 is 0 Å². The average molecular weight is 463 g/mol. The average Bonchev–Trinajstić information content (AvgIpc) is 2.85. The van der Waals surface area contributed by atoms with Gasteiger partial charge in [0.2, 0.25) is 5.91 Å². The minimum absolute atomic E-state index is 0.00877. The lowest BCUT2D eigenvalue weighted by atomic mass is 9.85. The Morgan fingerprint density at radius 3 is 1.97 bits per heavy atom. The molecule has 0 aromatic heterocycles. The van der Waals surface area contributed by atoms with Crippen LogP contribution in [0, 0.1) is 17.6 Å². The largest absolute Gasteiger partial charge is 0.352 e. The maximum atomic E-state index is 14.0. The van der Waals surface area contributed by atoms with E-state index in [0.29, 0.717) is 32.0 Å². The predicted octanol–water partition coefficient (Wildman–Crippen LogP) is 5.15. The number of hydrogen-bond acceptors (Lipinski definition) is 2. The first kappa shape index (κ1) is 23.6. The maximum absolute atomic E-state index is 14.0. The molecule has 0 saturated carbocycles. The second-order valence-corrected chi connectivity index (χ2v) is 8.79. The highest BCUT2D eigenvalue weighted by molar-refractivity contribution is 5.94. The van der Waals surface area contributed by atoms with Crippen LogP contribution in [0.5, 0.6) is 0 Å². The standard InChI is InChI=1S/C28H28F2N2O2/c1-19(26(20-8-4-2-5-9-20)21-10-6-3-7-11-21)31-27(33)22-14-16-32(17-15-22)28(34)24-13-12-23(29)18-25(24)30/h2-13,18-19,22,26H,14-17H2,1H3,(H,31,33). The van der Waals surface area contributed by atoms with Crippen LogP contribution in [-0.2, 0) is 4.79 Å². The summed E-state index contributed by atoms with van der Waals surface area (Å²) in [5.41, 5.74) is 2.11. The highest BCUT2D eigenvalue weighted by Gasteiger charge is 2.31. The minimum Gasteiger partial charge on any atom is -0.352 e. The van der Waals surface area contributed by atoms with Gasteiger partial charge in [-0.2, -0.15) is 0 Å². The molecule has 4 rings (SSSR count). The highest BCUT2D eigenvalue weighted by Crippen LogP contribution is 2.29. The summed E-state index contributed by atoms with van der Waals surface area (Å²) in [6.07, 6.45) is 0.989. The number of piperidine rings is 1. The van der Waals surface area contributed by atoms with E-state index in [1.807, 2.05) is 43.3 Å². The van der Waals surface area contributed by atoms with Gasteiger partial charge in [-0.25, -0.2) is 8.78 Å². The van der Waals surface area contributed by atoms with Crippen molar-refractivity contribution >= 4 is 11.8 Å². The van der Waals surface area contributed by atoms with Gasteiger partial charge in [0.1, 0.15) is 11.6 Å². The Balaban J connectivity index is 1.39. The molecular weight excluding hydrogens is 434 g/mol. The van der Waals surface area contributed by atoms with Crippen molar-refractivity contribution < 1.29 is 18.4 Å². The SMILES string of the molecule is CC(NC(=O)C1CCN(C(=O)c2ccc(F)cc2F)CC1)C(c1ccccc1)c1ccccc1. The number of halogens is 2. The van der Waals surface area contributed by atoms with E-state index in [0.717, 1.165) is 17.2 Å². The monoisotopic (exact) mass is 462 g/mol. The van der Waals surface area contributed by atoms with E-state index in [2.05, 4.69) is 29.6 Å². The van der Waals surface area contributed by atoms with Crippen molar-refractivity contribution in [1.82, 2.24) is 10.2 Å². The number of carbonyl (C=O) groups is 2. The number of nitrogens with one attached hydrogen (secondary N) is 1. The zero-order valence-electron chi connectivity index (χ0n) is 19.1. The number of carbonyl (C=O) groups excluding carboxylic acids is 2. The van der Waals surface area contributed by atoms with Gasteiger partial charge in [0.05, 0.1) is 5.56 Å². The van der Waals surface area contributed by atoms with Crippen LogP contribution in [0.4, 0.5) is 8.78 Å². The third-order valence-corrected chi connectivity index (χ3v) is 6.50. The third-order valence-electron chi connectivity index (χ3n) is 6.50. The minimum atomic E-state index is -0.869. The first-order valence-corrected chi connectivity index (χ1v) is 11.6. The molecule has 1 saturated heterocycles. The van der Waals surface area contributed by atoms with Crippen molar-refractivity contribution in [1.29, 1.82) is 0 Å². The number of benzene rings is 3. The molecular formula is C28H28F2N2O2. The van der Waals surface area contributed by atoms with Crippen molar-refractivity contribution in [3.63, 3.8) is 0 Å². The molecule has 6 heteroatoms. The van der Waals surface area contributed by atoms with E-state index in [-0.39, 0.29) is 29.3 Å². The van der Waals surface area contributed by atoms with E-state index >= 15 is 0 Å². The van der Waals surface area contributed by atoms with Gasteiger partial charge in [0.15, 0.2) is 0 Å². The summed E-state index contributed by atoms with van der Waals surface area (Å²) >= 11 is 0. The van der Waals surface area contributed by atoms with Crippen LogP contribution in [0.2, 0.25) is 0 Å². The van der Waals surface area contributed by atoms with Gasteiger partial charge < -0.3 is 10.2 Å². The molecule has 0 bridgehead atoms. The lowest BCUT2D eigenvalue weighted by Gasteiger charge is -2.33. The van der Waals surface area contributed by atoms with Crippen molar-refractivity contribution in [3.8, 4) is 0 Å². The summed E-state index contributed by atoms with van der Waals surface area (Å²) in [5.74, 6) is -2.32. The van der Waals surface area contributed by atoms with Crippen LogP contribution < -0.4 is 5.32 Å².